The summed E-state index contributed by atoms with van der Waals surface area (Å²) in [4.78, 5) is 5.51. The summed E-state index contributed by atoms with van der Waals surface area (Å²) in [5, 5.41) is 7.13. The second-order valence-corrected chi connectivity index (χ2v) is 8.90. The summed E-state index contributed by atoms with van der Waals surface area (Å²) >= 11 is -0.107. The molecule has 9 heteroatoms. The van der Waals surface area contributed by atoms with Crippen LogP contribution >= 0.6 is 11.3 Å². The maximum Gasteiger partial charge on any atom is 0.235 e. The molecule has 2 heterocycles. The van der Waals surface area contributed by atoms with Crippen LogP contribution in [0.15, 0.2) is 41.4 Å². The highest BCUT2D eigenvalue weighted by molar-refractivity contribution is 7.89. The SMILES string of the molecule is CN1C(N)=NC(C)(c2sc(-c3cccc(C(N)=CC=N)c3)cc2F)C[S+]1[O-]. The molecule has 1 aliphatic heterocycles. The Balaban J connectivity index is 2.02. The molecule has 27 heavy (non-hydrogen) atoms. The van der Waals surface area contributed by atoms with E-state index < -0.39 is 22.7 Å². The van der Waals surface area contributed by atoms with E-state index in [0.29, 0.717) is 15.5 Å². The molecule has 0 saturated heterocycles. The van der Waals surface area contributed by atoms with Crippen molar-refractivity contribution in [3.05, 3.63) is 52.7 Å². The predicted molar refractivity (Wildman–Crippen MR) is 110 cm³/mol. The zero-order valence-electron chi connectivity index (χ0n) is 14.9. The van der Waals surface area contributed by atoms with Gasteiger partial charge in [-0.15, -0.1) is 11.3 Å². The van der Waals surface area contributed by atoms with E-state index in [0.717, 1.165) is 17.3 Å². The molecule has 0 aliphatic carbocycles. The summed E-state index contributed by atoms with van der Waals surface area (Å²) in [5.74, 6) is -0.108. The number of halogens is 1. The molecule has 5 N–H and O–H groups in total. The molecule has 1 aromatic heterocycles. The lowest BCUT2D eigenvalue weighted by molar-refractivity contribution is 0.465. The lowest BCUT2D eigenvalue weighted by Crippen LogP contribution is -2.50. The first-order chi connectivity index (χ1) is 12.7. The molecule has 2 aromatic rings. The third-order valence-corrected chi connectivity index (χ3v) is 7.33. The zero-order valence-corrected chi connectivity index (χ0v) is 16.5. The number of benzene rings is 1. The van der Waals surface area contributed by atoms with Gasteiger partial charge in [0.05, 0.1) is 23.3 Å². The van der Waals surface area contributed by atoms with Crippen molar-refractivity contribution in [2.45, 2.75) is 12.5 Å². The van der Waals surface area contributed by atoms with E-state index in [1.807, 2.05) is 24.3 Å². The number of nitrogens with one attached hydrogen (secondary N) is 1. The Labute approximate surface area is 164 Å². The van der Waals surface area contributed by atoms with Crippen LogP contribution in [0, 0.1) is 11.2 Å². The third kappa shape index (κ3) is 3.71. The van der Waals surface area contributed by atoms with Crippen LogP contribution in [-0.2, 0) is 16.9 Å². The number of nitrogens with zero attached hydrogens (tertiary/aromatic N) is 2. The van der Waals surface area contributed by atoms with Crippen molar-refractivity contribution in [1.82, 2.24) is 4.31 Å². The quantitative estimate of drug-likeness (QED) is 0.536. The minimum absolute atomic E-state index is 0.128. The van der Waals surface area contributed by atoms with Crippen molar-refractivity contribution in [1.29, 1.82) is 5.41 Å². The minimum atomic E-state index is -1.37. The first kappa shape index (κ1) is 19.4. The molecule has 3 rings (SSSR count). The number of guanidine groups is 1. The Morgan fingerprint density at radius 2 is 2.22 bits per heavy atom. The highest BCUT2D eigenvalue weighted by Gasteiger charge is 2.43. The van der Waals surface area contributed by atoms with Crippen LogP contribution in [0.2, 0.25) is 0 Å². The summed E-state index contributed by atoms with van der Waals surface area (Å²) in [7, 11) is 1.60. The van der Waals surface area contributed by atoms with E-state index in [9.17, 15) is 8.94 Å². The Hall–Kier alpha value is -2.36. The third-order valence-electron chi connectivity index (χ3n) is 4.31. The standard InChI is InChI=1S/C18H20FN5OS2/c1-18(10-27(25)24(2)17(22)23-18)16-13(19)9-15(26-16)12-5-3-4-11(8-12)14(21)6-7-20/h3-9,20H,10,21H2,1-2H3,(H2,22,23). The summed E-state index contributed by atoms with van der Waals surface area (Å²) in [6.07, 6.45) is 2.61. The molecule has 2 atom stereocenters. The Morgan fingerprint density at radius 3 is 2.89 bits per heavy atom. The van der Waals surface area contributed by atoms with Gasteiger partial charge in [-0.2, -0.15) is 4.31 Å². The molecule has 0 saturated carbocycles. The van der Waals surface area contributed by atoms with Gasteiger partial charge in [0.15, 0.2) is 5.75 Å². The molecule has 0 bridgehead atoms. The van der Waals surface area contributed by atoms with E-state index in [1.165, 1.54) is 27.8 Å². The van der Waals surface area contributed by atoms with Gasteiger partial charge in [0.25, 0.3) is 0 Å². The summed E-state index contributed by atoms with van der Waals surface area (Å²) in [6.45, 7) is 1.74. The van der Waals surface area contributed by atoms with E-state index in [2.05, 4.69) is 4.99 Å². The van der Waals surface area contributed by atoms with Crippen LogP contribution in [0.3, 0.4) is 0 Å². The smallest absolute Gasteiger partial charge is 0.235 e. The molecule has 6 nitrogen and oxygen atoms in total. The van der Waals surface area contributed by atoms with E-state index >= 15 is 0 Å². The molecule has 142 valence electrons. The fraction of sp³-hybridized carbons (Fsp3) is 0.222. The molecule has 1 aromatic carbocycles. The molecule has 2 unspecified atom stereocenters. The van der Waals surface area contributed by atoms with Gasteiger partial charge in [0, 0.05) is 16.8 Å². The van der Waals surface area contributed by atoms with E-state index in [-0.39, 0.29) is 11.7 Å². The number of nitrogens with two attached hydrogens (primary N) is 2. The van der Waals surface area contributed by atoms with Crippen molar-refractivity contribution < 1.29 is 8.94 Å². The fourth-order valence-corrected chi connectivity index (χ4v) is 5.18. The number of allylic oxidation sites excluding steroid dienone is 1. The second kappa shape index (κ2) is 7.34. The van der Waals surface area contributed by atoms with E-state index in [4.69, 9.17) is 16.9 Å². The number of thiophene rings is 1. The highest BCUT2D eigenvalue weighted by Crippen LogP contribution is 2.41. The van der Waals surface area contributed by atoms with Crippen LogP contribution in [0.25, 0.3) is 16.1 Å². The maximum atomic E-state index is 14.8. The number of hydrogen-bond acceptors (Lipinski definition) is 7. The van der Waals surface area contributed by atoms with E-state index in [1.54, 1.807) is 14.0 Å². The summed E-state index contributed by atoms with van der Waals surface area (Å²) < 4.78 is 28.4. The Kier molecular flexibility index (Phi) is 5.27. The van der Waals surface area contributed by atoms with Crippen molar-refractivity contribution in [3.8, 4) is 10.4 Å². The molecule has 0 fully saturated rings. The summed E-state index contributed by atoms with van der Waals surface area (Å²) in [5.41, 5.74) is 12.8. The predicted octanol–water partition coefficient (Wildman–Crippen LogP) is 2.64. The fourth-order valence-electron chi connectivity index (χ4n) is 2.83. The maximum absolute atomic E-state index is 14.8. The van der Waals surface area contributed by atoms with Gasteiger partial charge in [-0.3, -0.25) is 0 Å². The lowest BCUT2D eigenvalue weighted by Gasteiger charge is -2.34. The van der Waals surface area contributed by atoms with Gasteiger partial charge in [-0.05, 0) is 36.3 Å². The van der Waals surface area contributed by atoms with Crippen molar-refractivity contribution in [3.63, 3.8) is 0 Å². The zero-order chi connectivity index (χ0) is 19.8. The van der Waals surface area contributed by atoms with Gasteiger partial charge in [0.1, 0.15) is 11.4 Å². The Morgan fingerprint density at radius 1 is 1.48 bits per heavy atom. The Bertz CT molecular complexity index is 942. The molecule has 0 radical (unpaired) electrons. The van der Waals surface area contributed by atoms with Gasteiger partial charge in [-0.1, -0.05) is 18.2 Å². The second-order valence-electron chi connectivity index (χ2n) is 6.36. The van der Waals surface area contributed by atoms with Crippen molar-refractivity contribution in [2.75, 3.05) is 12.8 Å². The number of hydrogen-bond donors (Lipinski definition) is 3. The average molecular weight is 406 g/mol. The number of aliphatic imine (C=N–C) groups is 1. The van der Waals surface area contributed by atoms with Gasteiger partial charge in [-0.25, -0.2) is 9.38 Å². The highest BCUT2D eigenvalue weighted by atomic mass is 32.2. The minimum Gasteiger partial charge on any atom is -0.593 e. The summed E-state index contributed by atoms with van der Waals surface area (Å²) in [6, 6.07) is 8.82. The first-order valence-corrected chi connectivity index (χ1v) is 10.2. The van der Waals surface area contributed by atoms with Crippen LogP contribution < -0.4 is 11.5 Å². The largest absolute Gasteiger partial charge is 0.593 e. The normalized spacial score (nSPS) is 23.3. The van der Waals surface area contributed by atoms with Crippen LogP contribution in [0.1, 0.15) is 17.4 Å². The molecular formula is C18H20FN5OS2. The van der Waals surface area contributed by atoms with Crippen LogP contribution in [0.4, 0.5) is 4.39 Å². The van der Waals surface area contributed by atoms with Gasteiger partial charge < -0.3 is 21.4 Å². The topological polar surface area (TPSA) is 115 Å². The molecule has 1 aliphatic rings. The van der Waals surface area contributed by atoms with Gasteiger partial charge >= 0.3 is 0 Å². The average Bonchev–Trinajstić information content (AvgIpc) is 3.03. The van der Waals surface area contributed by atoms with Crippen LogP contribution in [0.5, 0.6) is 0 Å². The first-order valence-electron chi connectivity index (χ1n) is 8.09. The monoisotopic (exact) mass is 405 g/mol. The van der Waals surface area contributed by atoms with Crippen molar-refractivity contribution in [2.24, 2.45) is 16.5 Å². The van der Waals surface area contributed by atoms with Crippen LogP contribution in [-0.4, -0.2) is 33.8 Å². The number of rotatable bonds is 4. The van der Waals surface area contributed by atoms with Gasteiger partial charge in [0.2, 0.25) is 5.96 Å². The molecule has 0 spiro atoms. The molecule has 0 amide bonds. The molecular weight excluding hydrogens is 385 g/mol. The lowest BCUT2D eigenvalue weighted by atomic mass is 10.0. The van der Waals surface area contributed by atoms with Crippen molar-refractivity contribution >= 4 is 40.6 Å².